The lowest BCUT2D eigenvalue weighted by Gasteiger charge is -2.20. The van der Waals surface area contributed by atoms with Gasteiger partial charge in [-0.2, -0.15) is 0 Å². The van der Waals surface area contributed by atoms with Gasteiger partial charge in [-0.25, -0.2) is 4.79 Å². The molecule has 0 atom stereocenters. The largest absolute Gasteiger partial charge is 0.352 e. The molecule has 1 aromatic heterocycles. The van der Waals surface area contributed by atoms with Crippen LogP contribution in [0.15, 0.2) is 54.4 Å². The average Bonchev–Trinajstić information content (AvgIpc) is 3.05. The molecule has 5 nitrogen and oxygen atoms in total. The maximum Gasteiger partial charge on any atom is 0.312 e. The lowest BCUT2D eigenvalue weighted by Crippen LogP contribution is -2.30. The molecule has 0 radical (unpaired) electrons. The van der Waals surface area contributed by atoms with Crippen molar-refractivity contribution in [1.82, 2.24) is 10.2 Å². The van der Waals surface area contributed by atoms with Gasteiger partial charge in [0.15, 0.2) is 0 Å². The van der Waals surface area contributed by atoms with Crippen LogP contribution in [0.1, 0.15) is 20.8 Å². The van der Waals surface area contributed by atoms with E-state index in [1.165, 1.54) is 0 Å². The van der Waals surface area contributed by atoms with E-state index in [9.17, 15) is 9.59 Å². The standard InChI is InChI=1S/C17H19N3O2S/c1-2-9-20(12-15-4-3-10-23-15)16(21)14-7-5-13(6-8-14)11-19-17(18)22/h2-8,10H,1,9,11-12H2,(H3,18,19,22). The molecule has 23 heavy (non-hydrogen) atoms. The molecule has 1 aromatic carbocycles. The summed E-state index contributed by atoms with van der Waals surface area (Å²) in [6, 6.07) is 10.5. The van der Waals surface area contributed by atoms with Gasteiger partial charge in [0, 0.05) is 23.5 Å². The number of carbonyl (C=O) groups excluding carboxylic acids is 2. The minimum atomic E-state index is -0.571. The Bertz CT molecular complexity index is 666. The van der Waals surface area contributed by atoms with Crippen molar-refractivity contribution in [2.45, 2.75) is 13.1 Å². The third kappa shape index (κ3) is 4.96. The van der Waals surface area contributed by atoms with Crippen LogP contribution in [0.2, 0.25) is 0 Å². The minimum Gasteiger partial charge on any atom is -0.352 e. The van der Waals surface area contributed by atoms with Gasteiger partial charge in [-0.1, -0.05) is 24.3 Å². The second kappa shape index (κ2) is 8.14. The summed E-state index contributed by atoms with van der Waals surface area (Å²) in [6.45, 7) is 5.11. The van der Waals surface area contributed by atoms with Gasteiger partial charge in [-0.15, -0.1) is 17.9 Å². The summed E-state index contributed by atoms with van der Waals surface area (Å²) >= 11 is 1.62. The van der Waals surface area contributed by atoms with Gasteiger partial charge < -0.3 is 16.0 Å². The Hall–Kier alpha value is -2.60. The van der Waals surface area contributed by atoms with Crippen LogP contribution in [-0.2, 0) is 13.1 Å². The Labute approximate surface area is 139 Å². The predicted molar refractivity (Wildman–Crippen MR) is 92.1 cm³/mol. The van der Waals surface area contributed by atoms with E-state index in [-0.39, 0.29) is 5.91 Å². The zero-order chi connectivity index (χ0) is 16.7. The molecule has 120 valence electrons. The Morgan fingerprint density at radius 3 is 2.57 bits per heavy atom. The van der Waals surface area contributed by atoms with Gasteiger partial charge in [0.2, 0.25) is 0 Å². The Kier molecular flexibility index (Phi) is 5.94. The number of carbonyl (C=O) groups is 2. The van der Waals surface area contributed by atoms with Crippen molar-refractivity contribution >= 4 is 23.3 Å². The molecular weight excluding hydrogens is 310 g/mol. The van der Waals surface area contributed by atoms with Crippen molar-refractivity contribution in [3.8, 4) is 0 Å². The van der Waals surface area contributed by atoms with Gasteiger partial charge in [-0.05, 0) is 29.1 Å². The van der Waals surface area contributed by atoms with Crippen molar-refractivity contribution in [3.05, 3.63) is 70.4 Å². The number of primary amides is 1. The normalized spacial score (nSPS) is 10.1. The van der Waals surface area contributed by atoms with Crippen LogP contribution in [0.5, 0.6) is 0 Å². The summed E-state index contributed by atoms with van der Waals surface area (Å²) < 4.78 is 0. The SMILES string of the molecule is C=CCN(Cc1cccs1)C(=O)c1ccc(CNC(N)=O)cc1. The van der Waals surface area contributed by atoms with E-state index < -0.39 is 6.03 Å². The van der Waals surface area contributed by atoms with Crippen LogP contribution in [0.25, 0.3) is 0 Å². The first-order chi connectivity index (χ1) is 11.1. The molecule has 0 unspecified atom stereocenters. The molecule has 2 rings (SSSR count). The molecule has 0 aliphatic heterocycles. The van der Waals surface area contributed by atoms with Gasteiger partial charge in [0.05, 0.1) is 6.54 Å². The summed E-state index contributed by atoms with van der Waals surface area (Å²) in [4.78, 5) is 26.2. The van der Waals surface area contributed by atoms with E-state index in [0.717, 1.165) is 10.4 Å². The molecule has 2 aromatic rings. The van der Waals surface area contributed by atoms with Gasteiger partial charge >= 0.3 is 6.03 Å². The third-order valence-corrected chi connectivity index (χ3v) is 4.09. The molecule has 3 amide bonds. The molecule has 0 fully saturated rings. The van der Waals surface area contributed by atoms with Gasteiger partial charge in [0.1, 0.15) is 0 Å². The first kappa shape index (κ1) is 16.8. The summed E-state index contributed by atoms with van der Waals surface area (Å²) in [5.41, 5.74) is 6.52. The van der Waals surface area contributed by atoms with Crippen LogP contribution in [0.3, 0.4) is 0 Å². The number of amides is 3. The van der Waals surface area contributed by atoms with Crippen molar-refractivity contribution in [1.29, 1.82) is 0 Å². The number of nitrogens with one attached hydrogen (secondary N) is 1. The third-order valence-electron chi connectivity index (χ3n) is 3.23. The highest BCUT2D eigenvalue weighted by Crippen LogP contribution is 2.15. The summed E-state index contributed by atoms with van der Waals surface area (Å²) in [7, 11) is 0. The van der Waals surface area contributed by atoms with Crippen LogP contribution < -0.4 is 11.1 Å². The second-order valence-corrected chi connectivity index (χ2v) is 6.00. The molecule has 0 saturated heterocycles. The fraction of sp³-hybridized carbons (Fsp3) is 0.176. The highest BCUT2D eigenvalue weighted by atomic mass is 32.1. The molecule has 1 heterocycles. The molecule has 3 N–H and O–H groups in total. The highest BCUT2D eigenvalue weighted by molar-refractivity contribution is 7.09. The molecule has 6 heteroatoms. The zero-order valence-corrected chi connectivity index (χ0v) is 13.5. The average molecular weight is 329 g/mol. The Balaban J connectivity index is 2.06. The number of nitrogens with two attached hydrogens (primary N) is 1. The van der Waals surface area contributed by atoms with E-state index in [1.807, 2.05) is 17.5 Å². The number of hydrogen-bond donors (Lipinski definition) is 2. The van der Waals surface area contributed by atoms with E-state index in [4.69, 9.17) is 5.73 Å². The highest BCUT2D eigenvalue weighted by Gasteiger charge is 2.15. The first-order valence-electron chi connectivity index (χ1n) is 7.15. The molecule has 0 aliphatic carbocycles. The summed E-state index contributed by atoms with van der Waals surface area (Å²) in [5, 5.41) is 4.51. The molecule has 0 saturated carbocycles. The molecule has 0 spiro atoms. The first-order valence-corrected chi connectivity index (χ1v) is 8.03. The second-order valence-electron chi connectivity index (χ2n) is 4.97. The van der Waals surface area contributed by atoms with Crippen molar-refractivity contribution in [2.75, 3.05) is 6.54 Å². The predicted octanol–water partition coefficient (Wildman–Crippen LogP) is 2.74. The molecule has 0 bridgehead atoms. The van der Waals surface area contributed by atoms with Crippen molar-refractivity contribution in [3.63, 3.8) is 0 Å². The molecular formula is C17H19N3O2S. The number of hydrogen-bond acceptors (Lipinski definition) is 3. The minimum absolute atomic E-state index is 0.0484. The van der Waals surface area contributed by atoms with Crippen molar-refractivity contribution < 1.29 is 9.59 Å². The lowest BCUT2D eigenvalue weighted by molar-refractivity contribution is 0.0764. The maximum absolute atomic E-state index is 12.6. The quantitative estimate of drug-likeness (QED) is 0.766. The Morgan fingerprint density at radius 1 is 1.26 bits per heavy atom. The number of benzene rings is 1. The van der Waals surface area contributed by atoms with Crippen LogP contribution in [-0.4, -0.2) is 23.4 Å². The van der Waals surface area contributed by atoms with Crippen LogP contribution in [0, 0.1) is 0 Å². The van der Waals surface area contributed by atoms with E-state index >= 15 is 0 Å². The van der Waals surface area contributed by atoms with Gasteiger partial charge in [-0.3, -0.25) is 4.79 Å². The van der Waals surface area contributed by atoms with Crippen LogP contribution >= 0.6 is 11.3 Å². The number of thiophene rings is 1. The fourth-order valence-corrected chi connectivity index (χ4v) is 2.82. The van der Waals surface area contributed by atoms with E-state index in [1.54, 1.807) is 46.6 Å². The zero-order valence-electron chi connectivity index (χ0n) is 12.7. The lowest BCUT2D eigenvalue weighted by atomic mass is 10.1. The van der Waals surface area contributed by atoms with E-state index in [2.05, 4.69) is 11.9 Å². The van der Waals surface area contributed by atoms with E-state index in [0.29, 0.717) is 25.2 Å². The molecule has 0 aliphatic rings. The summed E-state index contributed by atoms with van der Waals surface area (Å²) in [5.74, 6) is -0.0484. The maximum atomic E-state index is 12.6. The van der Waals surface area contributed by atoms with Crippen molar-refractivity contribution in [2.24, 2.45) is 5.73 Å². The topological polar surface area (TPSA) is 75.4 Å². The van der Waals surface area contributed by atoms with Gasteiger partial charge in [0.25, 0.3) is 5.91 Å². The van der Waals surface area contributed by atoms with Crippen LogP contribution in [0.4, 0.5) is 4.79 Å². The monoisotopic (exact) mass is 329 g/mol. The number of rotatable bonds is 7. The fourth-order valence-electron chi connectivity index (χ4n) is 2.10. The smallest absolute Gasteiger partial charge is 0.312 e. The summed E-state index contributed by atoms with van der Waals surface area (Å²) in [6.07, 6.45) is 1.72. The Morgan fingerprint density at radius 2 is 2.00 bits per heavy atom. The number of nitrogens with zero attached hydrogens (tertiary/aromatic N) is 1. The number of urea groups is 1.